The first kappa shape index (κ1) is 18.0. The largest absolute Gasteiger partial charge is 0.316 e. The van der Waals surface area contributed by atoms with E-state index in [2.05, 4.69) is 12.2 Å². The number of rotatable bonds is 9. The summed E-state index contributed by atoms with van der Waals surface area (Å²) in [5.41, 5.74) is 1.01. The Morgan fingerprint density at radius 3 is 2.33 bits per heavy atom. The summed E-state index contributed by atoms with van der Waals surface area (Å²) in [6.45, 7) is 3.06. The van der Waals surface area contributed by atoms with E-state index < -0.39 is 23.0 Å². The van der Waals surface area contributed by atoms with Crippen molar-refractivity contribution in [1.29, 1.82) is 0 Å². The fourth-order valence-corrected chi connectivity index (χ4v) is 2.98. The fourth-order valence-electron chi connectivity index (χ4n) is 1.84. The van der Waals surface area contributed by atoms with Crippen LogP contribution in [0, 0.1) is 0 Å². The van der Waals surface area contributed by atoms with Crippen molar-refractivity contribution in [1.82, 2.24) is 9.62 Å². The zero-order valence-electron chi connectivity index (χ0n) is 12.4. The summed E-state index contributed by atoms with van der Waals surface area (Å²) in [7, 11) is -2.69. The van der Waals surface area contributed by atoms with Crippen LogP contribution in [0.2, 0.25) is 0 Å². The van der Waals surface area contributed by atoms with E-state index in [4.69, 9.17) is 0 Å². The quantitative estimate of drug-likeness (QED) is 0.709. The molecule has 0 aromatic heterocycles. The summed E-state index contributed by atoms with van der Waals surface area (Å²) in [6, 6.07) is 6.37. The molecule has 1 aromatic rings. The number of hydrogen-bond acceptors (Lipinski definition) is 3. The van der Waals surface area contributed by atoms with Crippen LogP contribution in [0.3, 0.4) is 0 Å². The average molecular weight is 320 g/mol. The van der Waals surface area contributed by atoms with Gasteiger partial charge in [-0.3, -0.25) is 0 Å². The summed E-state index contributed by atoms with van der Waals surface area (Å²) in [5.74, 6) is 0. The van der Waals surface area contributed by atoms with Gasteiger partial charge >= 0.3 is 0 Å². The minimum absolute atomic E-state index is 0.0379. The zero-order valence-corrected chi connectivity index (χ0v) is 13.2. The summed E-state index contributed by atoms with van der Waals surface area (Å²) in [4.78, 5) is 0.0379. The van der Waals surface area contributed by atoms with Gasteiger partial charge in [-0.15, -0.1) is 0 Å². The molecule has 0 unspecified atom stereocenters. The van der Waals surface area contributed by atoms with E-state index in [1.807, 2.05) is 0 Å². The predicted octanol–water partition coefficient (Wildman–Crippen LogP) is 2.11. The maximum atomic E-state index is 12.3. The molecule has 1 aromatic carbocycles. The van der Waals surface area contributed by atoms with Gasteiger partial charge in [-0.05, 0) is 43.6 Å². The second kappa shape index (κ2) is 8.41. The molecule has 0 saturated heterocycles. The first-order valence-electron chi connectivity index (χ1n) is 6.92. The highest BCUT2D eigenvalue weighted by Gasteiger charge is 2.23. The van der Waals surface area contributed by atoms with Gasteiger partial charge in [0.2, 0.25) is 10.0 Å². The Hall–Kier alpha value is -1.05. The number of nitrogens with one attached hydrogen (secondary N) is 1. The molecule has 0 aliphatic carbocycles. The van der Waals surface area contributed by atoms with Crippen LogP contribution in [0.4, 0.5) is 8.78 Å². The topological polar surface area (TPSA) is 49.4 Å². The fraction of sp³-hybridized carbons (Fsp3) is 0.571. The van der Waals surface area contributed by atoms with Gasteiger partial charge in [0, 0.05) is 7.05 Å². The molecule has 0 saturated carbocycles. The van der Waals surface area contributed by atoms with E-state index in [-0.39, 0.29) is 4.90 Å². The minimum Gasteiger partial charge on any atom is -0.316 e. The van der Waals surface area contributed by atoms with E-state index in [0.29, 0.717) is 4.31 Å². The van der Waals surface area contributed by atoms with Crippen LogP contribution in [0.5, 0.6) is 0 Å². The van der Waals surface area contributed by atoms with E-state index in [0.717, 1.165) is 38.5 Å². The third-order valence-electron chi connectivity index (χ3n) is 3.04. The highest BCUT2D eigenvalue weighted by atomic mass is 32.2. The van der Waals surface area contributed by atoms with Gasteiger partial charge in [0.25, 0.3) is 6.43 Å². The zero-order chi connectivity index (χ0) is 15.9. The molecule has 0 spiro atoms. The van der Waals surface area contributed by atoms with E-state index in [1.54, 1.807) is 12.1 Å². The smallest absolute Gasteiger partial charge is 0.252 e. The summed E-state index contributed by atoms with van der Waals surface area (Å²) in [6.07, 6.45) is -0.824. The van der Waals surface area contributed by atoms with E-state index >= 15 is 0 Å². The lowest BCUT2D eigenvalue weighted by Gasteiger charge is -2.16. The van der Waals surface area contributed by atoms with Crippen LogP contribution in [0.1, 0.15) is 18.9 Å². The molecule has 0 atom stereocenters. The molecule has 120 valence electrons. The van der Waals surface area contributed by atoms with Crippen LogP contribution in [-0.2, 0) is 16.4 Å². The number of alkyl halides is 2. The second-order valence-electron chi connectivity index (χ2n) is 4.82. The third-order valence-corrected chi connectivity index (χ3v) is 4.88. The molecule has 0 amide bonds. The molecule has 0 fully saturated rings. The van der Waals surface area contributed by atoms with Gasteiger partial charge in [-0.25, -0.2) is 17.2 Å². The predicted molar refractivity (Wildman–Crippen MR) is 79.1 cm³/mol. The Labute approximate surface area is 125 Å². The van der Waals surface area contributed by atoms with Crippen molar-refractivity contribution < 1.29 is 17.2 Å². The number of sulfonamides is 1. The average Bonchev–Trinajstić information content (AvgIpc) is 2.43. The molecule has 1 rings (SSSR count). The molecular weight excluding hydrogens is 298 g/mol. The number of nitrogens with zero attached hydrogens (tertiary/aromatic N) is 1. The standard InChI is InChI=1S/C14H22F2N2O2S/c1-3-9-17-10-8-12-4-6-13(7-5-12)21(19,20)18(2)11-14(15)16/h4-7,14,17H,3,8-11H2,1-2H3. The summed E-state index contributed by atoms with van der Waals surface area (Å²) >= 11 is 0. The third kappa shape index (κ3) is 5.68. The number of benzene rings is 1. The maximum absolute atomic E-state index is 12.3. The Bertz CT molecular complexity index is 518. The molecule has 0 bridgehead atoms. The maximum Gasteiger partial charge on any atom is 0.252 e. The van der Waals surface area contributed by atoms with Crippen molar-refractivity contribution in [2.75, 3.05) is 26.7 Å². The minimum atomic E-state index is -3.84. The lowest BCUT2D eigenvalue weighted by molar-refractivity contribution is 0.126. The molecule has 7 heteroatoms. The van der Waals surface area contributed by atoms with Crippen LogP contribution < -0.4 is 5.32 Å². The van der Waals surface area contributed by atoms with Crippen molar-refractivity contribution in [3.63, 3.8) is 0 Å². The highest BCUT2D eigenvalue weighted by molar-refractivity contribution is 7.89. The first-order valence-corrected chi connectivity index (χ1v) is 8.36. The van der Waals surface area contributed by atoms with Crippen molar-refractivity contribution in [3.8, 4) is 0 Å². The molecule has 0 heterocycles. The highest BCUT2D eigenvalue weighted by Crippen LogP contribution is 2.16. The van der Waals surface area contributed by atoms with Gasteiger partial charge in [0.05, 0.1) is 11.4 Å². The summed E-state index contributed by atoms with van der Waals surface area (Å²) < 4.78 is 49.4. The molecule has 21 heavy (non-hydrogen) atoms. The second-order valence-corrected chi connectivity index (χ2v) is 6.87. The molecule has 0 aliphatic rings. The van der Waals surface area contributed by atoms with Crippen molar-refractivity contribution in [2.45, 2.75) is 31.1 Å². The molecule has 4 nitrogen and oxygen atoms in total. The first-order chi connectivity index (χ1) is 9.87. The van der Waals surface area contributed by atoms with E-state index in [1.165, 1.54) is 12.1 Å². The van der Waals surface area contributed by atoms with Crippen LogP contribution in [0.15, 0.2) is 29.2 Å². The number of halogens is 2. The Morgan fingerprint density at radius 1 is 1.19 bits per heavy atom. The molecule has 0 aliphatic heterocycles. The Balaban J connectivity index is 2.68. The van der Waals surface area contributed by atoms with Crippen LogP contribution in [-0.4, -0.2) is 45.8 Å². The number of hydrogen-bond donors (Lipinski definition) is 1. The van der Waals surface area contributed by atoms with Gasteiger partial charge in [0.1, 0.15) is 0 Å². The van der Waals surface area contributed by atoms with Crippen molar-refractivity contribution >= 4 is 10.0 Å². The van der Waals surface area contributed by atoms with Crippen LogP contribution >= 0.6 is 0 Å². The molecular formula is C14H22F2N2O2S. The van der Waals surface area contributed by atoms with Gasteiger partial charge in [-0.1, -0.05) is 19.1 Å². The molecule has 0 radical (unpaired) electrons. The Morgan fingerprint density at radius 2 is 1.81 bits per heavy atom. The van der Waals surface area contributed by atoms with Crippen molar-refractivity contribution in [3.05, 3.63) is 29.8 Å². The van der Waals surface area contributed by atoms with E-state index in [9.17, 15) is 17.2 Å². The monoisotopic (exact) mass is 320 g/mol. The lowest BCUT2D eigenvalue weighted by atomic mass is 10.1. The molecule has 1 N–H and O–H groups in total. The van der Waals surface area contributed by atoms with Crippen molar-refractivity contribution in [2.24, 2.45) is 0 Å². The lowest BCUT2D eigenvalue weighted by Crippen LogP contribution is -2.31. The Kier molecular flexibility index (Phi) is 7.21. The van der Waals surface area contributed by atoms with Gasteiger partial charge in [-0.2, -0.15) is 4.31 Å². The normalized spacial score (nSPS) is 12.3. The summed E-state index contributed by atoms with van der Waals surface area (Å²) in [5, 5.41) is 3.26. The van der Waals surface area contributed by atoms with Gasteiger partial charge in [0.15, 0.2) is 0 Å². The van der Waals surface area contributed by atoms with Gasteiger partial charge < -0.3 is 5.32 Å². The SMILES string of the molecule is CCCNCCc1ccc(S(=O)(=O)N(C)CC(F)F)cc1. The van der Waals surface area contributed by atoms with Crippen LogP contribution in [0.25, 0.3) is 0 Å².